The Morgan fingerprint density at radius 2 is 1.43 bits per heavy atom. The zero-order valence-electron chi connectivity index (χ0n) is 14.2. The van der Waals surface area contributed by atoms with E-state index in [4.69, 9.17) is 11.2 Å². The molecule has 3 heteroatoms. The van der Waals surface area contributed by atoms with E-state index in [9.17, 15) is 0 Å². The minimum atomic E-state index is -2.18. The van der Waals surface area contributed by atoms with Crippen LogP contribution >= 0.6 is 17.2 Å². The predicted molar refractivity (Wildman–Crippen MR) is 100 cm³/mol. The maximum absolute atomic E-state index is 7.56. The molecule has 0 spiro atoms. The molecule has 0 atom stereocenters. The van der Waals surface area contributed by atoms with Gasteiger partial charge >= 0.3 is 136 Å². The molecule has 0 N–H and O–H groups in total. The fourth-order valence-electron chi connectivity index (χ4n) is 3.13. The number of aromatic nitrogens is 1. The molecule has 0 aliphatic heterocycles. The maximum atomic E-state index is 7.56. The van der Waals surface area contributed by atoms with Crippen LogP contribution in [0.15, 0.2) is 24.4 Å². The van der Waals surface area contributed by atoms with E-state index in [1.165, 1.54) is 62.7 Å². The van der Waals surface area contributed by atoms with E-state index in [-0.39, 0.29) is 0 Å². The molecule has 1 nitrogen and oxygen atoms in total. The number of hydrogen-bond donors (Lipinski definition) is 0. The molecule has 0 aromatic carbocycles. The van der Waals surface area contributed by atoms with Gasteiger partial charge in [-0.1, -0.05) is 0 Å². The van der Waals surface area contributed by atoms with Gasteiger partial charge in [-0.25, -0.2) is 0 Å². The molecule has 1 heterocycles. The summed E-state index contributed by atoms with van der Waals surface area (Å²) in [6.07, 6.45) is 14.2. The average Bonchev–Trinajstić information content (AvgIpc) is 2.51. The topological polar surface area (TPSA) is 12.9 Å². The van der Waals surface area contributed by atoms with Crippen LogP contribution in [0.4, 0.5) is 0 Å². The summed E-state index contributed by atoms with van der Waals surface area (Å²) in [5.74, 6) is -2.18. The van der Waals surface area contributed by atoms with Gasteiger partial charge in [-0.3, -0.25) is 0 Å². The van der Waals surface area contributed by atoms with Crippen molar-refractivity contribution in [2.45, 2.75) is 65.5 Å². The summed E-state index contributed by atoms with van der Waals surface area (Å²) in [7, 11) is 0. The second-order valence-corrected chi connectivity index (χ2v) is 14.7. The zero-order chi connectivity index (χ0) is 15.6. The third kappa shape index (κ3) is 6.25. The number of nitrogens with zero attached hydrogens (tertiary/aromatic N) is 1. The van der Waals surface area contributed by atoms with Crippen molar-refractivity contribution in [2.24, 2.45) is 0 Å². The van der Waals surface area contributed by atoms with Crippen LogP contribution in [0, 0.1) is 0 Å². The molecule has 0 radical (unpaired) electrons. The van der Waals surface area contributed by atoms with E-state index in [2.05, 4.69) is 37.9 Å². The SMILES string of the molecule is CCCCP(Cl)(CCCC)(CCCC)Cc1ccccn1. The van der Waals surface area contributed by atoms with Crippen LogP contribution in [0.3, 0.4) is 0 Å². The molecule has 0 aliphatic rings. The van der Waals surface area contributed by atoms with E-state index >= 15 is 0 Å². The van der Waals surface area contributed by atoms with Gasteiger partial charge in [0, 0.05) is 0 Å². The van der Waals surface area contributed by atoms with Crippen LogP contribution in [0.1, 0.15) is 65.0 Å². The van der Waals surface area contributed by atoms with Crippen LogP contribution < -0.4 is 0 Å². The van der Waals surface area contributed by atoms with E-state index in [0.29, 0.717) is 0 Å². The van der Waals surface area contributed by atoms with E-state index in [0.717, 1.165) is 6.16 Å². The summed E-state index contributed by atoms with van der Waals surface area (Å²) < 4.78 is 0. The Morgan fingerprint density at radius 1 is 0.905 bits per heavy atom. The fourth-order valence-corrected chi connectivity index (χ4v) is 10.0. The first kappa shape index (κ1) is 18.9. The van der Waals surface area contributed by atoms with Crippen molar-refractivity contribution in [3.63, 3.8) is 0 Å². The third-order valence-electron chi connectivity index (χ3n) is 4.49. The van der Waals surface area contributed by atoms with Gasteiger partial charge in [0.1, 0.15) is 0 Å². The Bertz CT molecular complexity index is 369. The molecule has 1 aromatic rings. The molecule has 0 unspecified atom stereocenters. The summed E-state index contributed by atoms with van der Waals surface area (Å²) in [6.45, 7) is 6.83. The van der Waals surface area contributed by atoms with E-state index < -0.39 is 5.96 Å². The number of pyridine rings is 1. The van der Waals surface area contributed by atoms with Crippen LogP contribution in [0.2, 0.25) is 0 Å². The summed E-state index contributed by atoms with van der Waals surface area (Å²) in [5.41, 5.74) is 1.20. The summed E-state index contributed by atoms with van der Waals surface area (Å²) in [6, 6.07) is 6.25. The molecular weight excluding hydrogens is 297 g/mol. The van der Waals surface area contributed by atoms with Crippen molar-refractivity contribution in [1.29, 1.82) is 0 Å². The summed E-state index contributed by atoms with van der Waals surface area (Å²) in [4.78, 5) is 4.58. The number of rotatable bonds is 11. The molecule has 1 aromatic heterocycles. The van der Waals surface area contributed by atoms with Crippen molar-refractivity contribution < 1.29 is 0 Å². The van der Waals surface area contributed by atoms with Gasteiger partial charge in [-0.15, -0.1) is 0 Å². The zero-order valence-corrected chi connectivity index (χ0v) is 15.8. The van der Waals surface area contributed by atoms with Crippen molar-refractivity contribution in [3.8, 4) is 0 Å². The average molecular weight is 330 g/mol. The Labute approximate surface area is 136 Å². The van der Waals surface area contributed by atoms with Gasteiger partial charge < -0.3 is 0 Å². The Morgan fingerprint density at radius 3 is 1.81 bits per heavy atom. The van der Waals surface area contributed by atoms with Gasteiger partial charge in [-0.2, -0.15) is 0 Å². The Hall–Kier alpha value is -0.130. The van der Waals surface area contributed by atoms with Crippen LogP contribution in [-0.2, 0) is 6.16 Å². The molecular formula is C18H33ClNP. The van der Waals surface area contributed by atoms with Gasteiger partial charge in [0.05, 0.1) is 0 Å². The molecule has 0 saturated carbocycles. The van der Waals surface area contributed by atoms with Gasteiger partial charge in [-0.05, 0) is 0 Å². The molecule has 0 fully saturated rings. The molecule has 0 bridgehead atoms. The molecule has 0 saturated heterocycles. The Kier molecular flexibility index (Phi) is 8.21. The van der Waals surface area contributed by atoms with Gasteiger partial charge in [0.25, 0.3) is 0 Å². The van der Waals surface area contributed by atoms with Gasteiger partial charge in [0.2, 0.25) is 0 Å². The first-order valence-electron chi connectivity index (χ1n) is 8.68. The fraction of sp³-hybridized carbons (Fsp3) is 0.722. The molecule has 122 valence electrons. The first-order chi connectivity index (χ1) is 10.1. The van der Waals surface area contributed by atoms with E-state index in [1.807, 2.05) is 12.3 Å². The summed E-state index contributed by atoms with van der Waals surface area (Å²) >= 11 is 7.56. The second kappa shape index (κ2) is 9.11. The monoisotopic (exact) mass is 329 g/mol. The van der Waals surface area contributed by atoms with Crippen molar-refractivity contribution in [3.05, 3.63) is 30.1 Å². The van der Waals surface area contributed by atoms with Gasteiger partial charge in [0.15, 0.2) is 0 Å². The van der Waals surface area contributed by atoms with Crippen LogP contribution in [0.25, 0.3) is 0 Å². The minimum absolute atomic E-state index is 1.04. The summed E-state index contributed by atoms with van der Waals surface area (Å²) in [5, 5.41) is 0. The van der Waals surface area contributed by atoms with Crippen molar-refractivity contribution >= 4 is 17.2 Å². The number of hydrogen-bond acceptors (Lipinski definition) is 1. The third-order valence-corrected chi connectivity index (χ3v) is 11.8. The van der Waals surface area contributed by atoms with E-state index in [1.54, 1.807) is 0 Å². The second-order valence-electron chi connectivity index (χ2n) is 6.53. The molecule has 21 heavy (non-hydrogen) atoms. The van der Waals surface area contributed by atoms with Crippen molar-refractivity contribution in [2.75, 3.05) is 18.5 Å². The Balaban J connectivity index is 3.01. The number of halogens is 1. The quantitative estimate of drug-likeness (QED) is 0.412. The van der Waals surface area contributed by atoms with Crippen molar-refractivity contribution in [1.82, 2.24) is 4.98 Å². The number of unbranched alkanes of at least 4 members (excludes halogenated alkanes) is 3. The molecule has 0 amide bonds. The first-order valence-corrected chi connectivity index (χ1v) is 12.6. The molecule has 1 rings (SSSR count). The molecule has 0 aliphatic carbocycles. The predicted octanol–water partition coefficient (Wildman–Crippen LogP) is 6.69. The van der Waals surface area contributed by atoms with Crippen LogP contribution in [-0.4, -0.2) is 23.5 Å². The van der Waals surface area contributed by atoms with Crippen LogP contribution in [0.5, 0.6) is 0 Å². The standard InChI is InChI=1S/C18H33ClNP/c1-4-7-14-21(19,15-8-5-2,16-9-6-3)17-18-12-10-11-13-20-18/h10-13H,4-9,14-17H2,1-3H3. The normalized spacial score (nSPS) is 13.8.